The summed E-state index contributed by atoms with van der Waals surface area (Å²) in [5, 5.41) is 2.05. The molecule has 1 atom stereocenters. The van der Waals surface area contributed by atoms with E-state index in [0.717, 1.165) is 18.3 Å². The van der Waals surface area contributed by atoms with E-state index in [0.29, 0.717) is 0 Å². The highest BCUT2D eigenvalue weighted by Gasteiger charge is 2.11. The van der Waals surface area contributed by atoms with Crippen LogP contribution in [0.15, 0.2) is 41.8 Å². The van der Waals surface area contributed by atoms with Crippen LogP contribution in [0.1, 0.15) is 21.9 Å². The molecule has 0 fully saturated rings. The zero-order valence-corrected chi connectivity index (χ0v) is 10.0. The molecule has 2 rings (SSSR count). The molecule has 2 heteroatoms. The van der Waals surface area contributed by atoms with E-state index in [-0.39, 0.29) is 5.92 Å². The second kappa shape index (κ2) is 5.08. The molecule has 1 nitrogen and oxygen atoms in total. The van der Waals surface area contributed by atoms with Crippen LogP contribution in [0, 0.1) is 6.92 Å². The number of aldehydes is 1. The minimum atomic E-state index is -0.0152. The maximum atomic E-state index is 11.1. The van der Waals surface area contributed by atoms with Gasteiger partial charge in [-0.25, -0.2) is 0 Å². The molecule has 0 saturated carbocycles. The van der Waals surface area contributed by atoms with E-state index in [1.807, 2.05) is 23.6 Å². The van der Waals surface area contributed by atoms with Crippen molar-refractivity contribution in [1.82, 2.24) is 0 Å². The number of benzene rings is 1. The van der Waals surface area contributed by atoms with Gasteiger partial charge in [-0.3, -0.25) is 0 Å². The van der Waals surface area contributed by atoms with Gasteiger partial charge in [0, 0.05) is 10.8 Å². The third-order valence-electron chi connectivity index (χ3n) is 2.64. The Morgan fingerprint density at radius 3 is 2.81 bits per heavy atom. The summed E-state index contributed by atoms with van der Waals surface area (Å²) in [6.45, 7) is 2.05. The molecule has 0 aliphatic heterocycles. The normalized spacial score (nSPS) is 12.3. The smallest absolute Gasteiger partial charge is 0.127 e. The average molecular weight is 230 g/mol. The van der Waals surface area contributed by atoms with Crippen LogP contribution in [0.5, 0.6) is 0 Å². The molecule has 1 heterocycles. The summed E-state index contributed by atoms with van der Waals surface area (Å²) >= 11 is 1.71. The summed E-state index contributed by atoms with van der Waals surface area (Å²) in [5.41, 5.74) is 2.32. The van der Waals surface area contributed by atoms with Gasteiger partial charge in [-0.05, 0) is 30.4 Å². The predicted octanol–water partition coefficient (Wildman–Crippen LogP) is 3.58. The van der Waals surface area contributed by atoms with Gasteiger partial charge in [0.2, 0.25) is 0 Å². The minimum Gasteiger partial charge on any atom is -0.303 e. The second-order valence-electron chi connectivity index (χ2n) is 3.94. The molecule has 0 amide bonds. The summed E-state index contributed by atoms with van der Waals surface area (Å²) in [6, 6.07) is 12.3. The Morgan fingerprint density at radius 2 is 2.19 bits per heavy atom. The standard InChI is InChI=1S/C14H14OS/c1-11-4-2-5-12(8-11)13(10-15)9-14-6-3-7-16-14/h2-8,10,13H,9H2,1H3. The lowest BCUT2D eigenvalue weighted by Gasteiger charge is -2.09. The van der Waals surface area contributed by atoms with Gasteiger partial charge in [0.15, 0.2) is 0 Å². The van der Waals surface area contributed by atoms with E-state index in [1.54, 1.807) is 11.3 Å². The number of aryl methyl sites for hydroxylation is 1. The van der Waals surface area contributed by atoms with Crippen molar-refractivity contribution in [2.45, 2.75) is 19.3 Å². The maximum Gasteiger partial charge on any atom is 0.127 e. The zero-order valence-electron chi connectivity index (χ0n) is 9.22. The summed E-state index contributed by atoms with van der Waals surface area (Å²) in [6.07, 6.45) is 1.86. The Hall–Kier alpha value is -1.41. The minimum absolute atomic E-state index is 0.0152. The van der Waals surface area contributed by atoms with Gasteiger partial charge in [0.1, 0.15) is 6.29 Å². The van der Waals surface area contributed by atoms with Crippen molar-refractivity contribution in [3.05, 3.63) is 57.8 Å². The van der Waals surface area contributed by atoms with Crippen molar-refractivity contribution in [2.75, 3.05) is 0 Å². The van der Waals surface area contributed by atoms with Gasteiger partial charge in [-0.1, -0.05) is 35.9 Å². The van der Waals surface area contributed by atoms with E-state index in [4.69, 9.17) is 0 Å². The molecule has 0 aliphatic carbocycles. The van der Waals surface area contributed by atoms with Gasteiger partial charge < -0.3 is 4.79 Å². The predicted molar refractivity (Wildman–Crippen MR) is 68.0 cm³/mol. The molecule has 0 bridgehead atoms. The summed E-state index contributed by atoms with van der Waals surface area (Å²) in [4.78, 5) is 12.4. The number of carbonyl (C=O) groups excluding carboxylic acids is 1. The number of thiophene rings is 1. The quantitative estimate of drug-likeness (QED) is 0.734. The summed E-state index contributed by atoms with van der Waals surface area (Å²) in [5.74, 6) is -0.0152. The Balaban J connectivity index is 2.19. The first kappa shape index (κ1) is 11.1. The molecule has 0 radical (unpaired) electrons. The van der Waals surface area contributed by atoms with E-state index in [2.05, 4.69) is 25.1 Å². The fraction of sp³-hybridized carbons (Fsp3) is 0.214. The molecule has 0 N–H and O–H groups in total. The topological polar surface area (TPSA) is 17.1 Å². The third kappa shape index (κ3) is 2.58. The fourth-order valence-electron chi connectivity index (χ4n) is 1.79. The van der Waals surface area contributed by atoms with E-state index in [9.17, 15) is 4.79 Å². The lowest BCUT2D eigenvalue weighted by Crippen LogP contribution is -2.03. The van der Waals surface area contributed by atoms with Crippen LogP contribution in [-0.4, -0.2) is 6.29 Å². The summed E-state index contributed by atoms with van der Waals surface area (Å²) < 4.78 is 0. The van der Waals surface area contributed by atoms with Crippen molar-refractivity contribution in [1.29, 1.82) is 0 Å². The van der Waals surface area contributed by atoms with Crippen LogP contribution in [0.2, 0.25) is 0 Å². The molecule has 1 aromatic carbocycles. The fourth-order valence-corrected chi connectivity index (χ4v) is 2.56. The van der Waals surface area contributed by atoms with Crippen molar-refractivity contribution in [3.63, 3.8) is 0 Å². The van der Waals surface area contributed by atoms with Crippen molar-refractivity contribution >= 4 is 17.6 Å². The molecule has 82 valence electrons. The second-order valence-corrected chi connectivity index (χ2v) is 4.97. The molecule has 0 spiro atoms. The molecular weight excluding hydrogens is 216 g/mol. The Kier molecular flexibility index (Phi) is 3.52. The Morgan fingerprint density at radius 1 is 1.31 bits per heavy atom. The summed E-state index contributed by atoms with van der Waals surface area (Å²) in [7, 11) is 0. The van der Waals surface area contributed by atoms with Crippen LogP contribution < -0.4 is 0 Å². The van der Waals surface area contributed by atoms with E-state index >= 15 is 0 Å². The zero-order chi connectivity index (χ0) is 11.4. The van der Waals surface area contributed by atoms with E-state index in [1.165, 1.54) is 10.4 Å². The maximum absolute atomic E-state index is 11.1. The largest absolute Gasteiger partial charge is 0.303 e. The van der Waals surface area contributed by atoms with Gasteiger partial charge >= 0.3 is 0 Å². The first-order valence-electron chi connectivity index (χ1n) is 5.34. The monoisotopic (exact) mass is 230 g/mol. The Bertz CT molecular complexity index is 459. The molecule has 1 unspecified atom stereocenters. The first-order chi connectivity index (χ1) is 7.79. The average Bonchev–Trinajstić information content (AvgIpc) is 2.78. The molecule has 2 aromatic rings. The number of carbonyl (C=O) groups is 1. The van der Waals surface area contributed by atoms with E-state index < -0.39 is 0 Å². The number of hydrogen-bond acceptors (Lipinski definition) is 2. The van der Waals surface area contributed by atoms with Gasteiger partial charge in [0.25, 0.3) is 0 Å². The molecule has 0 aliphatic rings. The molecular formula is C14H14OS. The van der Waals surface area contributed by atoms with Crippen LogP contribution in [0.4, 0.5) is 0 Å². The van der Waals surface area contributed by atoms with Crippen LogP contribution in [0.3, 0.4) is 0 Å². The van der Waals surface area contributed by atoms with Gasteiger partial charge in [-0.15, -0.1) is 11.3 Å². The van der Waals surface area contributed by atoms with Crippen LogP contribution in [-0.2, 0) is 11.2 Å². The molecule has 16 heavy (non-hydrogen) atoms. The SMILES string of the molecule is Cc1cccc(C(C=O)Cc2cccs2)c1. The van der Waals surface area contributed by atoms with Crippen molar-refractivity contribution in [3.8, 4) is 0 Å². The van der Waals surface area contributed by atoms with Gasteiger partial charge in [0.05, 0.1) is 0 Å². The first-order valence-corrected chi connectivity index (χ1v) is 6.22. The highest BCUT2D eigenvalue weighted by atomic mass is 32.1. The molecule has 1 aromatic heterocycles. The highest BCUT2D eigenvalue weighted by molar-refractivity contribution is 7.09. The lowest BCUT2D eigenvalue weighted by atomic mass is 9.95. The molecule has 0 saturated heterocycles. The Labute approximate surface area is 99.8 Å². The van der Waals surface area contributed by atoms with Crippen molar-refractivity contribution < 1.29 is 4.79 Å². The van der Waals surface area contributed by atoms with Crippen LogP contribution in [0.25, 0.3) is 0 Å². The van der Waals surface area contributed by atoms with Crippen molar-refractivity contribution in [2.24, 2.45) is 0 Å². The number of hydrogen-bond donors (Lipinski definition) is 0. The van der Waals surface area contributed by atoms with Gasteiger partial charge in [-0.2, -0.15) is 0 Å². The van der Waals surface area contributed by atoms with Crippen LogP contribution >= 0.6 is 11.3 Å². The highest BCUT2D eigenvalue weighted by Crippen LogP contribution is 2.22. The third-order valence-corrected chi connectivity index (χ3v) is 3.53. The lowest BCUT2D eigenvalue weighted by molar-refractivity contribution is -0.109. The number of rotatable bonds is 4.